The van der Waals surface area contributed by atoms with Gasteiger partial charge in [-0.3, -0.25) is 0 Å². The van der Waals surface area contributed by atoms with Gasteiger partial charge in [0.15, 0.2) is 11.6 Å². The van der Waals surface area contributed by atoms with E-state index in [2.05, 4.69) is 17.2 Å². The average Bonchev–Trinajstić information content (AvgIpc) is 2.31. The van der Waals surface area contributed by atoms with Crippen molar-refractivity contribution in [2.45, 2.75) is 39.5 Å². The van der Waals surface area contributed by atoms with Crippen LogP contribution in [0.5, 0.6) is 5.75 Å². The van der Waals surface area contributed by atoms with Crippen LogP contribution >= 0.6 is 0 Å². The molecule has 1 fully saturated rings. The summed E-state index contributed by atoms with van der Waals surface area (Å²) in [6, 6.07) is 3.88. The Hall–Kier alpha value is -1.25. The Balaban J connectivity index is 1.98. The van der Waals surface area contributed by atoms with Crippen molar-refractivity contribution < 1.29 is 4.74 Å². The predicted octanol–water partition coefficient (Wildman–Crippen LogP) is 3.47. The Morgan fingerprint density at radius 1 is 1.41 bits per heavy atom. The van der Waals surface area contributed by atoms with Gasteiger partial charge in [0.1, 0.15) is 0 Å². The van der Waals surface area contributed by atoms with Gasteiger partial charge >= 0.3 is 0 Å². The summed E-state index contributed by atoms with van der Waals surface area (Å²) in [5, 5.41) is 3.46. The molecule has 0 spiro atoms. The Morgan fingerprint density at radius 2 is 2.24 bits per heavy atom. The summed E-state index contributed by atoms with van der Waals surface area (Å²) in [5.41, 5.74) is 0.501. The molecular formula is C14H22N2O. The van der Waals surface area contributed by atoms with Gasteiger partial charge in [-0.15, -0.1) is 0 Å². The molecular weight excluding hydrogens is 212 g/mol. The van der Waals surface area contributed by atoms with Crippen LogP contribution in [0.25, 0.3) is 0 Å². The first-order valence-corrected chi connectivity index (χ1v) is 6.61. The maximum atomic E-state index is 5.56. The van der Waals surface area contributed by atoms with E-state index < -0.39 is 0 Å². The number of anilines is 1. The molecule has 0 atom stereocenters. The fourth-order valence-corrected chi connectivity index (χ4v) is 2.40. The molecule has 3 nitrogen and oxygen atoms in total. The van der Waals surface area contributed by atoms with Gasteiger partial charge in [-0.05, 0) is 43.7 Å². The third-order valence-corrected chi connectivity index (χ3v) is 3.87. The Kier molecular flexibility index (Phi) is 3.87. The first-order valence-electron chi connectivity index (χ1n) is 6.61. The second kappa shape index (κ2) is 5.39. The molecule has 1 heterocycles. The highest BCUT2D eigenvalue weighted by Crippen LogP contribution is 2.43. The minimum Gasteiger partial charge on any atom is -0.490 e. The molecule has 1 aliphatic carbocycles. The van der Waals surface area contributed by atoms with Crippen molar-refractivity contribution in [3.8, 4) is 5.75 Å². The molecule has 0 amide bonds. The van der Waals surface area contributed by atoms with Crippen LogP contribution in [0.2, 0.25) is 0 Å². The lowest BCUT2D eigenvalue weighted by Crippen LogP contribution is -2.36. The maximum Gasteiger partial charge on any atom is 0.168 e. The molecule has 1 saturated carbocycles. The van der Waals surface area contributed by atoms with Gasteiger partial charge in [0.25, 0.3) is 0 Å². The summed E-state index contributed by atoms with van der Waals surface area (Å²) in [4.78, 5) is 4.36. The minimum atomic E-state index is 0.501. The van der Waals surface area contributed by atoms with E-state index >= 15 is 0 Å². The first-order chi connectivity index (χ1) is 8.29. The molecule has 0 radical (unpaired) electrons. The smallest absolute Gasteiger partial charge is 0.168 e. The van der Waals surface area contributed by atoms with E-state index in [0.717, 1.165) is 18.1 Å². The van der Waals surface area contributed by atoms with Crippen LogP contribution in [-0.2, 0) is 0 Å². The highest BCUT2D eigenvalue weighted by Gasteiger charge is 2.34. The number of nitrogens with one attached hydrogen (secondary N) is 1. The van der Waals surface area contributed by atoms with Crippen molar-refractivity contribution in [3.05, 3.63) is 18.3 Å². The third kappa shape index (κ3) is 2.71. The zero-order valence-corrected chi connectivity index (χ0v) is 10.8. The van der Waals surface area contributed by atoms with Gasteiger partial charge in [-0.25, -0.2) is 4.98 Å². The molecule has 0 saturated heterocycles. The van der Waals surface area contributed by atoms with Crippen LogP contribution in [-0.4, -0.2) is 18.1 Å². The quantitative estimate of drug-likeness (QED) is 0.818. The third-order valence-electron chi connectivity index (χ3n) is 3.87. The summed E-state index contributed by atoms with van der Waals surface area (Å²) >= 11 is 0. The van der Waals surface area contributed by atoms with E-state index in [4.69, 9.17) is 4.74 Å². The average molecular weight is 234 g/mol. The molecule has 0 bridgehead atoms. The summed E-state index contributed by atoms with van der Waals surface area (Å²) in [6.07, 6.45) is 7.11. The summed E-state index contributed by atoms with van der Waals surface area (Å²) in [6.45, 7) is 5.97. The van der Waals surface area contributed by atoms with E-state index in [1.807, 2.05) is 25.3 Å². The monoisotopic (exact) mass is 234 g/mol. The maximum absolute atomic E-state index is 5.56. The molecule has 17 heavy (non-hydrogen) atoms. The van der Waals surface area contributed by atoms with Gasteiger partial charge in [-0.1, -0.05) is 13.3 Å². The molecule has 94 valence electrons. The summed E-state index contributed by atoms with van der Waals surface area (Å²) in [5.74, 6) is 1.75. The Morgan fingerprint density at radius 3 is 2.82 bits per heavy atom. The van der Waals surface area contributed by atoms with Gasteiger partial charge in [0.05, 0.1) is 6.61 Å². The molecule has 0 aromatic carbocycles. The fraction of sp³-hybridized carbons (Fsp3) is 0.643. The van der Waals surface area contributed by atoms with Gasteiger partial charge in [0, 0.05) is 12.7 Å². The van der Waals surface area contributed by atoms with E-state index in [-0.39, 0.29) is 0 Å². The van der Waals surface area contributed by atoms with Gasteiger partial charge in [-0.2, -0.15) is 0 Å². The number of nitrogens with zero attached hydrogens (tertiary/aromatic N) is 1. The van der Waals surface area contributed by atoms with Crippen LogP contribution in [0.15, 0.2) is 18.3 Å². The summed E-state index contributed by atoms with van der Waals surface area (Å²) in [7, 11) is 0. The van der Waals surface area contributed by atoms with Crippen LogP contribution in [0.4, 0.5) is 5.82 Å². The van der Waals surface area contributed by atoms with Crippen molar-refractivity contribution in [1.29, 1.82) is 0 Å². The molecule has 1 N–H and O–H groups in total. The second-order valence-electron chi connectivity index (χ2n) is 4.84. The van der Waals surface area contributed by atoms with Crippen molar-refractivity contribution >= 4 is 5.82 Å². The molecule has 0 aliphatic heterocycles. The standard InChI is InChI=1S/C14H22N2O/c1-3-14(8-6-9-14)11-16-13-12(17-4-2)7-5-10-15-13/h5,7,10H,3-4,6,8-9,11H2,1-2H3,(H,15,16). The largest absolute Gasteiger partial charge is 0.490 e. The fourth-order valence-electron chi connectivity index (χ4n) is 2.40. The first kappa shape index (κ1) is 12.2. The van der Waals surface area contributed by atoms with Crippen LogP contribution in [0, 0.1) is 5.41 Å². The SMILES string of the molecule is CCOc1cccnc1NCC1(CC)CCC1. The van der Waals surface area contributed by atoms with Gasteiger partial charge in [0.2, 0.25) is 0 Å². The second-order valence-corrected chi connectivity index (χ2v) is 4.84. The number of hydrogen-bond donors (Lipinski definition) is 1. The van der Waals surface area contributed by atoms with Crippen molar-refractivity contribution in [3.63, 3.8) is 0 Å². The Labute approximate surface area is 104 Å². The topological polar surface area (TPSA) is 34.1 Å². The molecule has 2 rings (SSSR count). The predicted molar refractivity (Wildman–Crippen MR) is 70.5 cm³/mol. The lowest BCUT2D eigenvalue weighted by atomic mass is 9.67. The normalized spacial score (nSPS) is 17.3. The Bertz CT molecular complexity index is 355. The molecule has 0 unspecified atom stereocenters. The number of rotatable bonds is 6. The zero-order valence-electron chi connectivity index (χ0n) is 10.8. The van der Waals surface area contributed by atoms with Crippen LogP contribution in [0.3, 0.4) is 0 Å². The lowest BCUT2D eigenvalue weighted by Gasteiger charge is -2.41. The van der Waals surface area contributed by atoms with E-state index in [0.29, 0.717) is 12.0 Å². The molecule has 1 aromatic rings. The number of pyridine rings is 1. The number of hydrogen-bond acceptors (Lipinski definition) is 3. The van der Waals surface area contributed by atoms with Crippen molar-refractivity contribution in [1.82, 2.24) is 4.98 Å². The van der Waals surface area contributed by atoms with E-state index in [1.54, 1.807) is 0 Å². The van der Waals surface area contributed by atoms with Crippen molar-refractivity contribution in [2.24, 2.45) is 5.41 Å². The van der Waals surface area contributed by atoms with Crippen LogP contribution < -0.4 is 10.1 Å². The molecule has 3 heteroatoms. The summed E-state index contributed by atoms with van der Waals surface area (Å²) < 4.78 is 5.56. The number of aromatic nitrogens is 1. The van der Waals surface area contributed by atoms with Crippen molar-refractivity contribution in [2.75, 3.05) is 18.5 Å². The molecule has 1 aromatic heterocycles. The zero-order chi connectivity index (χ0) is 12.1. The van der Waals surface area contributed by atoms with Crippen LogP contribution in [0.1, 0.15) is 39.5 Å². The molecule has 1 aliphatic rings. The van der Waals surface area contributed by atoms with Gasteiger partial charge < -0.3 is 10.1 Å². The van der Waals surface area contributed by atoms with E-state index in [1.165, 1.54) is 25.7 Å². The minimum absolute atomic E-state index is 0.501. The van der Waals surface area contributed by atoms with E-state index in [9.17, 15) is 0 Å². The highest BCUT2D eigenvalue weighted by atomic mass is 16.5. The lowest BCUT2D eigenvalue weighted by molar-refractivity contribution is 0.144. The number of ether oxygens (including phenoxy) is 1. The highest BCUT2D eigenvalue weighted by molar-refractivity contribution is 5.49.